The van der Waals surface area contributed by atoms with Crippen LogP contribution in [0.25, 0.3) is 21.5 Å². The maximum Gasteiger partial charge on any atom is 0.294 e. The number of nitrogens with one attached hydrogen (secondary N) is 2. The average Bonchev–Trinajstić information content (AvgIpc) is 3.34. The second kappa shape index (κ2) is 19.7. The van der Waals surface area contributed by atoms with E-state index in [2.05, 4.69) is 66.5 Å². The van der Waals surface area contributed by atoms with Crippen molar-refractivity contribution < 1.29 is 25.9 Å². The molecule has 0 bridgehead atoms. The Bertz CT molecular complexity index is 3740. The molecule has 0 saturated carbocycles. The van der Waals surface area contributed by atoms with E-state index in [0.29, 0.717) is 39.5 Å². The number of hydrogen-bond donors (Lipinski definition) is 4. The van der Waals surface area contributed by atoms with Crippen LogP contribution in [-0.4, -0.2) is 40.9 Å². The van der Waals surface area contributed by atoms with E-state index in [-0.39, 0.29) is 43.7 Å². The molecule has 0 fully saturated rings. The third-order valence-electron chi connectivity index (χ3n) is 9.96. The summed E-state index contributed by atoms with van der Waals surface area (Å²) in [6.45, 7) is 0. The molecule has 340 valence electrons. The first-order valence-corrected chi connectivity index (χ1v) is 23.6. The van der Waals surface area contributed by atoms with Crippen LogP contribution in [0.4, 0.5) is 68.8 Å². The number of aromatic nitrogens is 3. The molecule has 19 nitrogen and oxygen atoms in total. The summed E-state index contributed by atoms with van der Waals surface area (Å²) in [6, 6.07) is 47.1. The van der Waals surface area contributed by atoms with Gasteiger partial charge < -0.3 is 10.6 Å². The van der Waals surface area contributed by atoms with Crippen LogP contribution in [-0.2, 0) is 20.2 Å². The lowest BCUT2D eigenvalue weighted by atomic mass is 10.1. The normalized spacial score (nSPS) is 12.3. The van der Waals surface area contributed by atoms with Gasteiger partial charge in [0.1, 0.15) is 0 Å². The second-order valence-corrected chi connectivity index (χ2v) is 17.8. The first kappa shape index (κ1) is 45.6. The monoisotopic (exact) mass is 973 g/mol. The molecule has 9 rings (SSSR count). The first-order chi connectivity index (χ1) is 33.3. The summed E-state index contributed by atoms with van der Waals surface area (Å²) in [7, 11) is -8.98. The van der Waals surface area contributed by atoms with Crippen LogP contribution < -0.4 is 10.6 Å². The van der Waals surface area contributed by atoms with E-state index < -0.39 is 20.2 Å². The number of benzene rings is 8. The Kier molecular flexibility index (Phi) is 13.0. The van der Waals surface area contributed by atoms with Crippen molar-refractivity contribution in [2.24, 2.45) is 40.9 Å². The van der Waals surface area contributed by atoms with E-state index in [0.717, 1.165) is 34.3 Å². The Morgan fingerprint density at radius 2 is 0.739 bits per heavy atom. The molecule has 1 heterocycles. The molecule has 0 saturated heterocycles. The number of nitrogens with zero attached hydrogens (tertiary/aromatic N) is 11. The van der Waals surface area contributed by atoms with Crippen molar-refractivity contribution in [3.05, 3.63) is 175 Å². The van der Waals surface area contributed by atoms with Gasteiger partial charge in [0.05, 0.1) is 55.3 Å². The van der Waals surface area contributed by atoms with Crippen molar-refractivity contribution in [2.45, 2.75) is 9.79 Å². The van der Waals surface area contributed by atoms with Crippen molar-refractivity contribution >= 4 is 122 Å². The van der Waals surface area contributed by atoms with Gasteiger partial charge in [0, 0.05) is 32.9 Å². The summed E-state index contributed by atoms with van der Waals surface area (Å²) in [5, 5.41) is 43.6. The largest absolute Gasteiger partial charge is 0.324 e. The van der Waals surface area contributed by atoms with Crippen LogP contribution in [0.15, 0.2) is 221 Å². The fourth-order valence-electron chi connectivity index (χ4n) is 6.64. The van der Waals surface area contributed by atoms with Crippen LogP contribution >= 0.6 is 11.6 Å². The molecule has 0 atom stereocenters. The molecule has 22 heteroatoms. The molecule has 0 aliphatic rings. The lowest BCUT2D eigenvalue weighted by Gasteiger charge is -2.09. The molecule has 0 amide bonds. The fourth-order valence-corrected chi connectivity index (χ4v) is 7.79. The molecule has 8 aromatic carbocycles. The summed E-state index contributed by atoms with van der Waals surface area (Å²) < 4.78 is 65.8. The van der Waals surface area contributed by atoms with E-state index >= 15 is 0 Å². The zero-order chi connectivity index (χ0) is 48.0. The minimum Gasteiger partial charge on any atom is -0.324 e. The SMILES string of the molecule is O=S(=O)(O)c1ccc(/N=N/c2ccc(/N=N/c3ccc(Nc4nc(Cl)nc(Nc5ccc(/N=N/c6ccc(/N=N/c7ccccc7)c7ccccc67)cc5)n4)cc3)c3ccc(S(=O)(=O)O)cc23)cc1. The molecule has 0 aliphatic heterocycles. The van der Waals surface area contributed by atoms with Gasteiger partial charge in [0.15, 0.2) is 0 Å². The summed E-state index contributed by atoms with van der Waals surface area (Å²) in [4.78, 5) is 12.2. The van der Waals surface area contributed by atoms with Crippen LogP contribution in [0, 0.1) is 0 Å². The maximum absolute atomic E-state index is 12.0. The summed E-state index contributed by atoms with van der Waals surface area (Å²) in [5.74, 6) is 0.353. The third kappa shape index (κ3) is 11.3. The van der Waals surface area contributed by atoms with Crippen molar-refractivity contribution in [3.8, 4) is 0 Å². The van der Waals surface area contributed by atoms with Gasteiger partial charge in [0.25, 0.3) is 20.2 Å². The Morgan fingerprint density at radius 3 is 1.17 bits per heavy atom. The number of hydrogen-bond acceptors (Lipinski definition) is 17. The Morgan fingerprint density at radius 1 is 0.377 bits per heavy atom. The molecule has 4 N–H and O–H groups in total. The van der Waals surface area contributed by atoms with Gasteiger partial charge in [-0.2, -0.15) is 52.2 Å². The molecular formula is C47H32ClN13O6S2. The van der Waals surface area contributed by atoms with E-state index in [1.165, 1.54) is 36.4 Å². The molecule has 0 unspecified atom stereocenters. The smallest absolute Gasteiger partial charge is 0.294 e. The van der Waals surface area contributed by atoms with Crippen LogP contribution in [0.1, 0.15) is 0 Å². The first-order valence-electron chi connectivity index (χ1n) is 20.3. The van der Waals surface area contributed by atoms with Crippen LogP contribution in [0.3, 0.4) is 0 Å². The molecule has 0 aliphatic carbocycles. The van der Waals surface area contributed by atoms with Crippen molar-refractivity contribution in [2.75, 3.05) is 10.6 Å². The number of rotatable bonds is 14. The minimum absolute atomic E-state index is 0.0524. The Hall–Kier alpha value is -8.60. The number of azo groups is 4. The third-order valence-corrected chi connectivity index (χ3v) is 11.8. The van der Waals surface area contributed by atoms with Crippen LogP contribution in [0.5, 0.6) is 0 Å². The quantitative estimate of drug-likeness (QED) is 0.0587. The Labute approximate surface area is 397 Å². The summed E-state index contributed by atoms with van der Waals surface area (Å²) in [6.07, 6.45) is 0. The van der Waals surface area contributed by atoms with Gasteiger partial charge >= 0.3 is 0 Å². The minimum atomic E-state index is -4.58. The zero-order valence-corrected chi connectivity index (χ0v) is 37.7. The van der Waals surface area contributed by atoms with E-state index in [1.54, 1.807) is 54.6 Å². The highest BCUT2D eigenvalue weighted by atomic mass is 35.5. The summed E-state index contributed by atoms with van der Waals surface area (Å²) in [5.41, 5.74) is 5.31. The standard InChI is InChI=1S/C47H32ClN13O6S2/c48-45-51-46(49-29-10-14-32(15-11-29)55-59-42-25-24-41(37-8-4-5-9-38(37)42)58-54-31-6-2-1-3-7-31)53-47(52-45)50-30-12-16-33(17-13-30)56-60-43-26-27-44(40-28-36(69(65,66)67)22-23-39(40)43)61-57-34-18-20-35(21-19-34)68(62,63)64/h1-28H,(H,62,63,64)(H,65,66,67)(H2,49,50,51,52,53)/b58-54+,59-55+,60-56+,61-57+. The van der Waals surface area contributed by atoms with E-state index in [4.69, 9.17) is 11.6 Å². The number of halogens is 1. The number of anilines is 4. The molecule has 9 aromatic rings. The molecular weight excluding hydrogens is 942 g/mol. The van der Waals surface area contributed by atoms with Gasteiger partial charge in [-0.1, -0.05) is 48.5 Å². The second-order valence-electron chi connectivity index (χ2n) is 14.6. The number of fused-ring (bicyclic) bond motifs is 2. The molecule has 69 heavy (non-hydrogen) atoms. The lowest BCUT2D eigenvalue weighted by molar-refractivity contribution is 0.481. The van der Waals surface area contributed by atoms with Gasteiger partial charge in [-0.3, -0.25) is 9.11 Å². The van der Waals surface area contributed by atoms with Gasteiger partial charge in [-0.25, -0.2) is 0 Å². The van der Waals surface area contributed by atoms with E-state index in [1.807, 2.05) is 66.7 Å². The van der Waals surface area contributed by atoms with Gasteiger partial charge in [0.2, 0.25) is 17.2 Å². The molecule has 0 spiro atoms. The van der Waals surface area contributed by atoms with Crippen molar-refractivity contribution in [1.82, 2.24) is 15.0 Å². The van der Waals surface area contributed by atoms with Gasteiger partial charge in [-0.05, 0) is 133 Å². The lowest BCUT2D eigenvalue weighted by Crippen LogP contribution is -2.03. The maximum atomic E-state index is 12.0. The highest BCUT2D eigenvalue weighted by molar-refractivity contribution is 7.86. The topological polar surface area (TPSA) is 270 Å². The van der Waals surface area contributed by atoms with Crippen molar-refractivity contribution in [3.63, 3.8) is 0 Å². The highest BCUT2D eigenvalue weighted by Gasteiger charge is 2.15. The van der Waals surface area contributed by atoms with E-state index in [9.17, 15) is 25.9 Å². The molecule has 1 aromatic heterocycles. The average molecular weight is 974 g/mol. The van der Waals surface area contributed by atoms with Crippen LogP contribution in [0.2, 0.25) is 5.28 Å². The predicted octanol–water partition coefficient (Wildman–Crippen LogP) is 14.5. The summed E-state index contributed by atoms with van der Waals surface area (Å²) >= 11 is 6.29. The highest BCUT2D eigenvalue weighted by Crippen LogP contribution is 2.38. The Balaban J connectivity index is 0.858. The van der Waals surface area contributed by atoms with Gasteiger partial charge in [-0.15, -0.1) is 20.5 Å². The fraction of sp³-hybridized carbons (Fsp3) is 0. The van der Waals surface area contributed by atoms with Crippen molar-refractivity contribution in [1.29, 1.82) is 0 Å². The zero-order valence-electron chi connectivity index (χ0n) is 35.3. The molecule has 0 radical (unpaired) electrons. The predicted molar refractivity (Wildman–Crippen MR) is 261 cm³/mol.